The number of fused-ring (bicyclic) bond motifs is 1. The van der Waals surface area contributed by atoms with Gasteiger partial charge >= 0.3 is 0 Å². The Kier molecular flexibility index (Phi) is 7.62. The Morgan fingerprint density at radius 3 is 2.65 bits per heavy atom. The predicted molar refractivity (Wildman–Crippen MR) is 153 cm³/mol. The minimum atomic E-state index is -0.246. The molecule has 0 unspecified atom stereocenters. The molecule has 0 fully saturated rings. The molecule has 37 heavy (non-hydrogen) atoms. The second-order valence-corrected chi connectivity index (χ2v) is 11.8. The Labute approximate surface area is 233 Å². The van der Waals surface area contributed by atoms with Crippen LogP contribution >= 0.6 is 46.3 Å². The van der Waals surface area contributed by atoms with Gasteiger partial charge in [-0.15, -0.1) is 23.1 Å². The Morgan fingerprint density at radius 2 is 1.95 bits per heavy atom. The van der Waals surface area contributed by atoms with E-state index in [4.69, 9.17) is 28.3 Å². The average molecular weight is 572 g/mol. The summed E-state index contributed by atoms with van der Waals surface area (Å²) < 4.78 is 1.71. The molecule has 1 N–H and O–H groups in total. The van der Waals surface area contributed by atoms with Crippen molar-refractivity contribution in [2.75, 3.05) is 17.2 Å². The van der Waals surface area contributed by atoms with Crippen molar-refractivity contribution >= 4 is 63.9 Å². The Morgan fingerprint density at radius 1 is 1.14 bits per heavy atom. The Bertz CT molecular complexity index is 1450. The van der Waals surface area contributed by atoms with Crippen molar-refractivity contribution in [3.8, 4) is 16.3 Å². The molecule has 3 heterocycles. The fraction of sp³-hybridized carbons (Fsp3) is 0.222. The van der Waals surface area contributed by atoms with Crippen molar-refractivity contribution in [1.29, 1.82) is 0 Å². The van der Waals surface area contributed by atoms with Gasteiger partial charge in [0, 0.05) is 16.6 Å². The van der Waals surface area contributed by atoms with E-state index in [0.29, 0.717) is 21.6 Å². The summed E-state index contributed by atoms with van der Waals surface area (Å²) in [6.07, 6.45) is 0. The van der Waals surface area contributed by atoms with Crippen molar-refractivity contribution in [1.82, 2.24) is 15.1 Å². The van der Waals surface area contributed by atoms with Gasteiger partial charge in [0.05, 0.1) is 26.6 Å². The molecule has 1 aliphatic rings. The van der Waals surface area contributed by atoms with E-state index in [9.17, 15) is 9.59 Å². The molecule has 4 aromatic rings. The zero-order valence-electron chi connectivity index (χ0n) is 20.2. The Hall–Kier alpha value is -2.78. The second kappa shape index (κ2) is 10.9. The van der Waals surface area contributed by atoms with Gasteiger partial charge in [0.15, 0.2) is 0 Å². The number of anilines is 1. The van der Waals surface area contributed by atoms with Crippen LogP contribution in [0.4, 0.5) is 5.82 Å². The fourth-order valence-electron chi connectivity index (χ4n) is 4.35. The van der Waals surface area contributed by atoms with Gasteiger partial charge in [0.1, 0.15) is 18.1 Å². The van der Waals surface area contributed by atoms with E-state index in [1.807, 2.05) is 73.8 Å². The van der Waals surface area contributed by atoms with E-state index in [0.717, 1.165) is 21.7 Å². The van der Waals surface area contributed by atoms with Gasteiger partial charge in [-0.1, -0.05) is 53.5 Å². The first-order valence-corrected chi connectivity index (χ1v) is 14.4. The first-order chi connectivity index (χ1) is 17.8. The smallest absolute Gasteiger partial charge is 0.240 e. The number of rotatable bonds is 6. The third-order valence-corrected chi connectivity index (χ3v) is 8.51. The van der Waals surface area contributed by atoms with Crippen molar-refractivity contribution in [3.63, 3.8) is 0 Å². The van der Waals surface area contributed by atoms with Crippen molar-refractivity contribution in [3.05, 3.63) is 87.2 Å². The molecule has 5 rings (SSSR count). The number of carbonyl (C=O) groups is 2. The summed E-state index contributed by atoms with van der Waals surface area (Å²) in [5.41, 5.74) is 3.17. The maximum Gasteiger partial charge on any atom is 0.240 e. The van der Waals surface area contributed by atoms with E-state index in [1.54, 1.807) is 22.1 Å². The lowest BCUT2D eigenvalue weighted by Crippen LogP contribution is -2.44. The zero-order chi connectivity index (χ0) is 26.1. The van der Waals surface area contributed by atoms with Crippen LogP contribution in [0.1, 0.15) is 30.2 Å². The standard InChI is InChI=1S/C27H24Cl2N4O2S2/c1-16(2)30-22(34)14-32-23(35)15-37-26(17-7-5-8-18(28)13-17)24-25(21-11-6-12-36-21)31-33(27(24)32)20-10-4-3-9-19(20)29/h3-13,16,26H,14-15H2,1-2H3,(H,30,34)/t26-/m1/s1. The van der Waals surface area contributed by atoms with Gasteiger partial charge in [-0.3, -0.25) is 14.5 Å². The fourth-order valence-corrected chi connectivity index (χ4v) is 6.68. The normalized spacial score (nSPS) is 15.5. The third-order valence-electron chi connectivity index (χ3n) is 5.83. The zero-order valence-corrected chi connectivity index (χ0v) is 23.3. The van der Waals surface area contributed by atoms with Crippen molar-refractivity contribution in [2.24, 2.45) is 0 Å². The highest BCUT2D eigenvalue weighted by molar-refractivity contribution is 8.00. The number of carbonyl (C=O) groups excluding carboxylic acids is 2. The van der Waals surface area contributed by atoms with E-state index < -0.39 is 0 Å². The number of aromatic nitrogens is 2. The highest BCUT2D eigenvalue weighted by Gasteiger charge is 2.38. The van der Waals surface area contributed by atoms with Crippen LogP contribution in [0, 0.1) is 0 Å². The summed E-state index contributed by atoms with van der Waals surface area (Å²) in [5.74, 6) is 0.300. The molecule has 0 radical (unpaired) electrons. The van der Waals surface area contributed by atoms with E-state index in [-0.39, 0.29) is 35.4 Å². The summed E-state index contributed by atoms with van der Waals surface area (Å²) in [5, 5.41) is 10.8. The molecule has 2 aromatic carbocycles. The van der Waals surface area contributed by atoms with Gasteiger partial charge in [-0.25, -0.2) is 4.68 Å². The lowest BCUT2D eigenvalue weighted by atomic mass is 10.0. The molecule has 1 aliphatic heterocycles. The monoisotopic (exact) mass is 570 g/mol. The molecule has 2 amide bonds. The maximum absolute atomic E-state index is 13.6. The molecular weight excluding hydrogens is 547 g/mol. The van der Waals surface area contributed by atoms with Crippen molar-refractivity contribution in [2.45, 2.75) is 25.1 Å². The molecule has 0 saturated carbocycles. The predicted octanol–water partition coefficient (Wildman–Crippen LogP) is 6.60. The lowest BCUT2D eigenvalue weighted by molar-refractivity contribution is -0.123. The molecule has 0 spiro atoms. The molecule has 0 saturated heterocycles. The first-order valence-electron chi connectivity index (χ1n) is 11.7. The molecular formula is C27H24Cl2N4O2S2. The van der Waals surface area contributed by atoms with Crippen molar-refractivity contribution < 1.29 is 9.59 Å². The third kappa shape index (κ3) is 5.29. The van der Waals surface area contributed by atoms with Crippen LogP contribution < -0.4 is 10.2 Å². The molecule has 190 valence electrons. The van der Waals surface area contributed by atoms with Gasteiger partial charge in [0.2, 0.25) is 11.8 Å². The molecule has 0 bridgehead atoms. The topological polar surface area (TPSA) is 67.2 Å². The quantitative estimate of drug-likeness (QED) is 0.283. The number of thioether (sulfide) groups is 1. The number of hydrogen-bond donors (Lipinski definition) is 1. The minimum absolute atomic E-state index is 0.0576. The number of nitrogens with zero attached hydrogens (tertiary/aromatic N) is 3. The van der Waals surface area contributed by atoms with E-state index in [1.165, 1.54) is 16.7 Å². The van der Waals surface area contributed by atoms with Gasteiger partial charge in [0.25, 0.3) is 0 Å². The van der Waals surface area contributed by atoms with E-state index >= 15 is 0 Å². The average Bonchev–Trinajstić information content (AvgIpc) is 3.48. The van der Waals surface area contributed by atoms with Crippen LogP contribution in [-0.4, -0.2) is 39.9 Å². The van der Waals surface area contributed by atoms with Crippen LogP contribution in [0.15, 0.2) is 66.0 Å². The SMILES string of the molecule is CC(C)NC(=O)CN1C(=O)CS[C@H](c2cccc(Cl)c2)c2c(-c3cccs3)nn(-c3ccccc3Cl)c21. The summed E-state index contributed by atoms with van der Waals surface area (Å²) in [6.45, 7) is 3.65. The van der Waals surface area contributed by atoms with Crippen LogP contribution in [0.2, 0.25) is 10.0 Å². The van der Waals surface area contributed by atoms with Crippen LogP contribution in [0.25, 0.3) is 16.3 Å². The number of halogens is 2. The van der Waals surface area contributed by atoms with Crippen LogP contribution in [0.5, 0.6) is 0 Å². The number of nitrogens with one attached hydrogen (secondary N) is 1. The number of amides is 2. The first kappa shape index (κ1) is 25.9. The van der Waals surface area contributed by atoms with Gasteiger partial charge < -0.3 is 5.32 Å². The van der Waals surface area contributed by atoms with E-state index in [2.05, 4.69) is 5.32 Å². The summed E-state index contributed by atoms with van der Waals surface area (Å²) >= 11 is 16.1. The van der Waals surface area contributed by atoms with Crippen LogP contribution in [-0.2, 0) is 9.59 Å². The summed E-state index contributed by atoms with van der Waals surface area (Å²) in [7, 11) is 0. The lowest BCUT2D eigenvalue weighted by Gasteiger charge is -2.24. The number of thiophene rings is 1. The minimum Gasteiger partial charge on any atom is -0.352 e. The maximum atomic E-state index is 13.6. The number of para-hydroxylation sites is 1. The highest BCUT2D eigenvalue weighted by atomic mass is 35.5. The number of benzene rings is 2. The number of hydrogen-bond acceptors (Lipinski definition) is 5. The summed E-state index contributed by atoms with van der Waals surface area (Å²) in [4.78, 5) is 29.1. The van der Waals surface area contributed by atoms with Gasteiger partial charge in [-0.05, 0) is 55.1 Å². The van der Waals surface area contributed by atoms with Crippen LogP contribution in [0.3, 0.4) is 0 Å². The molecule has 2 aromatic heterocycles. The highest BCUT2D eigenvalue weighted by Crippen LogP contribution is 2.49. The molecule has 1 atom stereocenters. The largest absolute Gasteiger partial charge is 0.352 e. The summed E-state index contributed by atoms with van der Waals surface area (Å²) in [6, 6.07) is 18.9. The molecule has 6 nitrogen and oxygen atoms in total. The second-order valence-electron chi connectivity index (χ2n) is 8.87. The molecule has 10 heteroatoms. The Balaban J connectivity index is 1.80. The molecule has 0 aliphatic carbocycles. The van der Waals surface area contributed by atoms with Gasteiger partial charge in [-0.2, -0.15) is 5.10 Å².